The molecule has 4 nitrogen and oxygen atoms in total. The number of nitrogens with zero attached hydrogens (tertiary/aromatic N) is 1. The standard InChI is InChI=1S/C11H18N4/c1-6-4-7-2-3-8-5-12-15-11(9(7)8)10(6)13-14-15/h2-3,6-14H,4-5H2,1H3/t6-,7?,8?,9?,10?,11?/m1/s1. The second-order valence-corrected chi connectivity index (χ2v) is 5.51. The van der Waals surface area contributed by atoms with Crippen molar-refractivity contribution in [3.8, 4) is 0 Å². The van der Waals surface area contributed by atoms with Gasteiger partial charge in [-0.05, 0) is 30.1 Å². The summed E-state index contributed by atoms with van der Waals surface area (Å²) in [6.45, 7) is 3.46. The van der Waals surface area contributed by atoms with Gasteiger partial charge in [0.15, 0.2) is 0 Å². The lowest BCUT2D eigenvalue weighted by molar-refractivity contribution is -0.0239. The summed E-state index contributed by atoms with van der Waals surface area (Å²) in [6, 6.07) is 1.24. The van der Waals surface area contributed by atoms with Crippen LogP contribution in [0.25, 0.3) is 0 Å². The Labute approximate surface area is 90.0 Å². The van der Waals surface area contributed by atoms with E-state index in [1.54, 1.807) is 0 Å². The van der Waals surface area contributed by atoms with Crippen molar-refractivity contribution in [3.63, 3.8) is 0 Å². The third-order valence-corrected chi connectivity index (χ3v) is 4.76. The van der Waals surface area contributed by atoms with Crippen LogP contribution in [0.3, 0.4) is 0 Å². The predicted molar refractivity (Wildman–Crippen MR) is 57.1 cm³/mol. The van der Waals surface area contributed by atoms with Crippen LogP contribution in [-0.4, -0.2) is 23.7 Å². The van der Waals surface area contributed by atoms with E-state index in [1.807, 2.05) is 0 Å². The van der Waals surface area contributed by atoms with Gasteiger partial charge < -0.3 is 0 Å². The average molecular weight is 206 g/mol. The molecule has 1 saturated carbocycles. The van der Waals surface area contributed by atoms with E-state index in [2.05, 4.69) is 40.6 Å². The first kappa shape index (κ1) is 8.70. The Morgan fingerprint density at radius 1 is 1.27 bits per heavy atom. The third kappa shape index (κ3) is 1.00. The van der Waals surface area contributed by atoms with E-state index in [9.17, 15) is 0 Å². The Morgan fingerprint density at radius 2 is 2.13 bits per heavy atom. The summed E-state index contributed by atoms with van der Waals surface area (Å²) in [7, 11) is 0. The van der Waals surface area contributed by atoms with Crippen molar-refractivity contribution >= 4 is 0 Å². The maximum Gasteiger partial charge on any atom is 0.0623 e. The number of hydrogen-bond donors (Lipinski definition) is 3. The molecule has 2 aliphatic heterocycles. The second kappa shape index (κ2) is 2.83. The van der Waals surface area contributed by atoms with Crippen LogP contribution in [0.5, 0.6) is 0 Å². The fourth-order valence-corrected chi connectivity index (χ4v) is 4.09. The zero-order valence-electron chi connectivity index (χ0n) is 8.98. The van der Waals surface area contributed by atoms with Gasteiger partial charge in [0.2, 0.25) is 0 Å². The van der Waals surface area contributed by atoms with Gasteiger partial charge in [-0.15, -0.1) is 0 Å². The van der Waals surface area contributed by atoms with Gasteiger partial charge >= 0.3 is 0 Å². The van der Waals surface area contributed by atoms with Crippen molar-refractivity contribution in [2.45, 2.75) is 25.4 Å². The minimum absolute atomic E-state index is 0.612. The van der Waals surface area contributed by atoms with E-state index in [0.717, 1.165) is 30.2 Å². The second-order valence-electron chi connectivity index (χ2n) is 5.51. The maximum absolute atomic E-state index is 3.47. The lowest BCUT2D eigenvalue weighted by atomic mass is 9.67. The molecular formula is C11H18N4. The molecule has 2 aliphatic carbocycles. The number of allylic oxidation sites excluding steroid dienone is 1. The number of hydrazine groups is 3. The molecule has 3 N–H and O–H groups in total. The van der Waals surface area contributed by atoms with E-state index in [0.29, 0.717) is 12.1 Å². The largest absolute Gasteiger partial charge is 0.239 e. The molecule has 3 fully saturated rings. The first-order chi connectivity index (χ1) is 7.34. The van der Waals surface area contributed by atoms with Gasteiger partial charge in [0.05, 0.1) is 6.04 Å². The Kier molecular flexibility index (Phi) is 1.64. The van der Waals surface area contributed by atoms with Gasteiger partial charge in [-0.3, -0.25) is 0 Å². The van der Waals surface area contributed by atoms with Gasteiger partial charge in [0, 0.05) is 12.6 Å². The first-order valence-corrected chi connectivity index (χ1v) is 6.07. The number of nitrogens with one attached hydrogen (secondary N) is 3. The molecule has 4 heteroatoms. The molecule has 6 atom stereocenters. The molecular weight excluding hydrogens is 188 g/mol. The molecule has 0 aromatic carbocycles. The first-order valence-electron chi connectivity index (χ1n) is 6.07. The summed E-state index contributed by atoms with van der Waals surface area (Å²) in [6.07, 6.45) is 6.25. The lowest BCUT2D eigenvalue weighted by Gasteiger charge is -2.47. The quantitative estimate of drug-likeness (QED) is 0.489. The highest BCUT2D eigenvalue weighted by molar-refractivity contribution is 5.17. The number of hydrogen-bond acceptors (Lipinski definition) is 4. The summed E-state index contributed by atoms with van der Waals surface area (Å²) < 4.78 is 0. The molecule has 82 valence electrons. The van der Waals surface area contributed by atoms with Gasteiger partial charge in [0.25, 0.3) is 0 Å². The SMILES string of the molecule is C[C@@H]1CC2C=CC3CNN4NNC1C4C32. The molecule has 2 heterocycles. The normalized spacial score (nSPS) is 57.1. The molecule has 4 rings (SSSR count). The molecule has 15 heavy (non-hydrogen) atoms. The van der Waals surface area contributed by atoms with Gasteiger partial charge in [-0.25, -0.2) is 10.9 Å². The van der Waals surface area contributed by atoms with Crippen molar-refractivity contribution in [2.24, 2.45) is 23.7 Å². The smallest absolute Gasteiger partial charge is 0.0623 e. The van der Waals surface area contributed by atoms with Gasteiger partial charge in [-0.1, -0.05) is 19.1 Å². The van der Waals surface area contributed by atoms with Crippen LogP contribution in [0.15, 0.2) is 12.2 Å². The van der Waals surface area contributed by atoms with Crippen molar-refractivity contribution in [1.82, 2.24) is 21.5 Å². The third-order valence-electron chi connectivity index (χ3n) is 4.76. The highest BCUT2D eigenvalue weighted by Crippen LogP contribution is 2.47. The van der Waals surface area contributed by atoms with E-state index >= 15 is 0 Å². The molecule has 5 unspecified atom stereocenters. The topological polar surface area (TPSA) is 39.3 Å². The Bertz CT molecular complexity index is 316. The Hall–Kier alpha value is -0.420. The summed E-state index contributed by atoms with van der Waals surface area (Å²) >= 11 is 0. The van der Waals surface area contributed by atoms with Crippen LogP contribution < -0.4 is 16.4 Å². The average Bonchev–Trinajstić information content (AvgIpc) is 2.79. The monoisotopic (exact) mass is 206 g/mol. The predicted octanol–water partition coefficient (Wildman–Crippen LogP) is 0.0248. The van der Waals surface area contributed by atoms with E-state index in [4.69, 9.17) is 0 Å². The van der Waals surface area contributed by atoms with Crippen molar-refractivity contribution in [3.05, 3.63) is 12.2 Å². The molecule has 0 aromatic rings. The molecule has 4 aliphatic rings. The summed E-state index contributed by atoms with van der Waals surface area (Å²) in [5.41, 5.74) is 10.2. The van der Waals surface area contributed by atoms with Crippen molar-refractivity contribution in [2.75, 3.05) is 6.54 Å². The minimum atomic E-state index is 0.612. The van der Waals surface area contributed by atoms with Gasteiger partial charge in [-0.2, -0.15) is 10.7 Å². The fraction of sp³-hybridized carbons (Fsp3) is 0.818. The van der Waals surface area contributed by atoms with Crippen LogP contribution >= 0.6 is 0 Å². The molecule has 0 amide bonds. The van der Waals surface area contributed by atoms with Crippen molar-refractivity contribution < 1.29 is 0 Å². The van der Waals surface area contributed by atoms with Crippen LogP contribution in [-0.2, 0) is 0 Å². The molecule has 0 bridgehead atoms. The minimum Gasteiger partial charge on any atom is -0.239 e. The molecule has 2 saturated heterocycles. The zero-order chi connectivity index (χ0) is 9.99. The van der Waals surface area contributed by atoms with E-state index < -0.39 is 0 Å². The Balaban J connectivity index is 1.75. The van der Waals surface area contributed by atoms with Crippen molar-refractivity contribution in [1.29, 1.82) is 0 Å². The fourth-order valence-electron chi connectivity index (χ4n) is 4.09. The van der Waals surface area contributed by atoms with Crippen LogP contribution in [0.2, 0.25) is 0 Å². The van der Waals surface area contributed by atoms with Crippen LogP contribution in [0.1, 0.15) is 13.3 Å². The van der Waals surface area contributed by atoms with Gasteiger partial charge in [0.1, 0.15) is 0 Å². The highest BCUT2D eigenvalue weighted by Gasteiger charge is 2.54. The molecule has 0 radical (unpaired) electrons. The zero-order valence-corrected chi connectivity index (χ0v) is 8.98. The summed E-state index contributed by atoms with van der Waals surface area (Å²) in [5.74, 6) is 3.16. The Morgan fingerprint density at radius 3 is 3.07 bits per heavy atom. The molecule has 0 spiro atoms. The van der Waals surface area contributed by atoms with E-state index in [-0.39, 0.29) is 0 Å². The lowest BCUT2D eigenvalue weighted by Crippen LogP contribution is -2.62. The number of rotatable bonds is 0. The highest BCUT2D eigenvalue weighted by atomic mass is 15.9. The molecule has 0 aromatic heterocycles. The maximum atomic E-state index is 3.47. The van der Waals surface area contributed by atoms with Crippen LogP contribution in [0, 0.1) is 23.7 Å². The summed E-state index contributed by atoms with van der Waals surface area (Å²) in [5, 5.41) is 2.21. The summed E-state index contributed by atoms with van der Waals surface area (Å²) in [4.78, 5) is 0. The van der Waals surface area contributed by atoms with E-state index in [1.165, 1.54) is 6.42 Å². The van der Waals surface area contributed by atoms with Crippen LogP contribution in [0.4, 0.5) is 0 Å².